The molecule has 1 aliphatic carbocycles. The number of nitrogens with one attached hydrogen (secondary N) is 1. The molecule has 102 valence electrons. The molecule has 1 aromatic rings. The molecule has 1 aromatic heterocycles. The molecule has 1 fully saturated rings. The molecule has 0 radical (unpaired) electrons. The van der Waals surface area contributed by atoms with Gasteiger partial charge in [0.2, 0.25) is 0 Å². The van der Waals surface area contributed by atoms with Gasteiger partial charge in [0, 0.05) is 13.1 Å². The minimum atomic E-state index is 0.303. The molecule has 1 N–H and O–H groups in total. The van der Waals surface area contributed by atoms with Crippen LogP contribution in [0.4, 0.5) is 0 Å². The summed E-state index contributed by atoms with van der Waals surface area (Å²) in [7, 11) is 2.03. The summed E-state index contributed by atoms with van der Waals surface area (Å²) in [6.07, 6.45) is 3.73. The lowest BCUT2D eigenvalue weighted by Crippen LogP contribution is -2.34. The van der Waals surface area contributed by atoms with Crippen LogP contribution in [0.2, 0.25) is 5.02 Å². The summed E-state index contributed by atoms with van der Waals surface area (Å²) < 4.78 is 2.06. The second kappa shape index (κ2) is 5.22. The molecule has 0 bridgehead atoms. The SMILES string of the molecule is CCn1nc(C)c(Cl)c1CC(C)(CNC)C1CC1. The lowest BCUT2D eigenvalue weighted by Gasteiger charge is -2.30. The van der Waals surface area contributed by atoms with E-state index in [-0.39, 0.29) is 0 Å². The van der Waals surface area contributed by atoms with Gasteiger partial charge in [0.1, 0.15) is 0 Å². The fourth-order valence-electron chi connectivity index (χ4n) is 2.96. The Labute approximate surface area is 115 Å². The zero-order chi connectivity index (χ0) is 13.3. The van der Waals surface area contributed by atoms with Crippen LogP contribution in [0, 0.1) is 18.3 Å². The van der Waals surface area contributed by atoms with Crippen LogP contribution >= 0.6 is 11.6 Å². The highest BCUT2D eigenvalue weighted by atomic mass is 35.5. The normalized spacial score (nSPS) is 18.9. The quantitative estimate of drug-likeness (QED) is 0.860. The van der Waals surface area contributed by atoms with E-state index in [9.17, 15) is 0 Å². The molecular weight excluding hydrogens is 246 g/mol. The fraction of sp³-hybridized carbons (Fsp3) is 0.786. The zero-order valence-electron chi connectivity index (χ0n) is 11.9. The molecule has 18 heavy (non-hydrogen) atoms. The van der Waals surface area contributed by atoms with Crippen LogP contribution in [0.3, 0.4) is 0 Å². The number of halogens is 1. The highest BCUT2D eigenvalue weighted by Crippen LogP contribution is 2.47. The molecule has 0 spiro atoms. The van der Waals surface area contributed by atoms with Gasteiger partial charge in [0.15, 0.2) is 0 Å². The third kappa shape index (κ3) is 2.57. The van der Waals surface area contributed by atoms with Gasteiger partial charge in [-0.05, 0) is 51.5 Å². The van der Waals surface area contributed by atoms with Gasteiger partial charge in [-0.2, -0.15) is 5.10 Å². The van der Waals surface area contributed by atoms with Crippen molar-refractivity contribution < 1.29 is 0 Å². The molecule has 3 nitrogen and oxygen atoms in total. The number of hydrogen-bond acceptors (Lipinski definition) is 2. The Hall–Kier alpha value is -0.540. The van der Waals surface area contributed by atoms with Crippen LogP contribution in [-0.2, 0) is 13.0 Å². The van der Waals surface area contributed by atoms with Crippen molar-refractivity contribution in [3.05, 3.63) is 16.4 Å². The predicted octanol–water partition coefficient (Wildman–Crippen LogP) is 3.04. The van der Waals surface area contributed by atoms with Crippen molar-refractivity contribution in [1.82, 2.24) is 15.1 Å². The molecule has 0 aromatic carbocycles. The summed E-state index contributed by atoms with van der Waals surface area (Å²) in [5.41, 5.74) is 2.47. The first-order valence-electron chi connectivity index (χ1n) is 6.88. The van der Waals surface area contributed by atoms with Crippen LogP contribution in [0.5, 0.6) is 0 Å². The molecule has 0 amide bonds. The molecule has 1 heterocycles. The Morgan fingerprint density at radius 2 is 2.17 bits per heavy atom. The Morgan fingerprint density at radius 3 is 2.67 bits per heavy atom. The summed E-state index contributed by atoms with van der Waals surface area (Å²) in [6, 6.07) is 0. The molecular formula is C14H24ClN3. The van der Waals surface area contributed by atoms with Crippen molar-refractivity contribution >= 4 is 11.6 Å². The van der Waals surface area contributed by atoms with Gasteiger partial charge < -0.3 is 5.32 Å². The summed E-state index contributed by atoms with van der Waals surface area (Å²) in [5.74, 6) is 0.835. The molecule has 2 rings (SSSR count). The Balaban J connectivity index is 2.25. The minimum Gasteiger partial charge on any atom is -0.319 e. The van der Waals surface area contributed by atoms with E-state index in [4.69, 9.17) is 11.6 Å². The molecule has 1 atom stereocenters. The summed E-state index contributed by atoms with van der Waals surface area (Å²) in [5, 5.41) is 8.72. The maximum atomic E-state index is 6.42. The second-order valence-electron chi connectivity index (χ2n) is 5.80. The van der Waals surface area contributed by atoms with Gasteiger partial charge in [-0.3, -0.25) is 4.68 Å². The van der Waals surface area contributed by atoms with Crippen LogP contribution in [0.1, 0.15) is 38.1 Å². The maximum absolute atomic E-state index is 6.42. The summed E-state index contributed by atoms with van der Waals surface area (Å²) in [4.78, 5) is 0. The first kappa shape index (κ1) is 13.9. The topological polar surface area (TPSA) is 29.9 Å². The number of nitrogens with zero attached hydrogens (tertiary/aromatic N) is 2. The van der Waals surface area contributed by atoms with E-state index in [1.165, 1.54) is 18.5 Å². The zero-order valence-corrected chi connectivity index (χ0v) is 12.6. The molecule has 1 aliphatic rings. The Morgan fingerprint density at radius 1 is 1.50 bits per heavy atom. The number of aromatic nitrogens is 2. The second-order valence-corrected chi connectivity index (χ2v) is 6.18. The van der Waals surface area contributed by atoms with Crippen molar-refractivity contribution in [2.75, 3.05) is 13.6 Å². The highest BCUT2D eigenvalue weighted by Gasteiger charge is 2.42. The van der Waals surface area contributed by atoms with Gasteiger partial charge in [-0.1, -0.05) is 18.5 Å². The largest absolute Gasteiger partial charge is 0.319 e. The number of hydrogen-bond donors (Lipinski definition) is 1. The van der Waals surface area contributed by atoms with Crippen molar-refractivity contribution in [2.45, 2.75) is 46.6 Å². The van der Waals surface area contributed by atoms with Crippen LogP contribution in [-0.4, -0.2) is 23.4 Å². The average molecular weight is 270 g/mol. The monoisotopic (exact) mass is 269 g/mol. The van der Waals surface area contributed by atoms with E-state index in [0.29, 0.717) is 5.41 Å². The maximum Gasteiger partial charge on any atom is 0.0847 e. The van der Waals surface area contributed by atoms with Crippen molar-refractivity contribution in [3.63, 3.8) is 0 Å². The number of rotatable bonds is 6. The third-order valence-electron chi connectivity index (χ3n) is 4.17. The Kier molecular flexibility index (Phi) is 4.02. The van der Waals surface area contributed by atoms with Crippen molar-refractivity contribution in [2.24, 2.45) is 11.3 Å². The Bertz CT molecular complexity index is 423. The molecule has 4 heteroatoms. The van der Waals surface area contributed by atoms with Crippen molar-refractivity contribution in [3.8, 4) is 0 Å². The van der Waals surface area contributed by atoms with Crippen LogP contribution in [0.15, 0.2) is 0 Å². The standard InChI is InChI=1S/C14H24ClN3/c1-5-18-12(13(15)10(2)17-18)8-14(3,9-16-4)11-6-7-11/h11,16H,5-9H2,1-4H3. The molecule has 0 saturated heterocycles. The van der Waals surface area contributed by atoms with E-state index in [1.807, 2.05) is 14.0 Å². The highest BCUT2D eigenvalue weighted by molar-refractivity contribution is 6.31. The summed E-state index contributed by atoms with van der Waals surface area (Å²) >= 11 is 6.42. The lowest BCUT2D eigenvalue weighted by atomic mass is 9.80. The predicted molar refractivity (Wildman–Crippen MR) is 76.1 cm³/mol. The van der Waals surface area contributed by atoms with Gasteiger partial charge in [0.05, 0.1) is 16.4 Å². The lowest BCUT2D eigenvalue weighted by molar-refractivity contribution is 0.256. The van der Waals surface area contributed by atoms with E-state index in [1.54, 1.807) is 0 Å². The first-order chi connectivity index (χ1) is 8.51. The average Bonchev–Trinajstić information content (AvgIpc) is 3.14. The number of aryl methyl sites for hydroxylation is 2. The van der Waals surface area contributed by atoms with E-state index < -0.39 is 0 Å². The van der Waals surface area contributed by atoms with Gasteiger partial charge in [-0.15, -0.1) is 0 Å². The van der Waals surface area contributed by atoms with Gasteiger partial charge in [-0.25, -0.2) is 0 Å². The van der Waals surface area contributed by atoms with E-state index in [2.05, 4.69) is 28.9 Å². The fourth-order valence-corrected chi connectivity index (χ4v) is 3.16. The molecule has 1 unspecified atom stereocenters. The van der Waals surface area contributed by atoms with Crippen molar-refractivity contribution in [1.29, 1.82) is 0 Å². The smallest absolute Gasteiger partial charge is 0.0847 e. The van der Waals surface area contributed by atoms with Gasteiger partial charge >= 0.3 is 0 Å². The van der Waals surface area contributed by atoms with Crippen LogP contribution in [0.25, 0.3) is 0 Å². The van der Waals surface area contributed by atoms with Gasteiger partial charge in [0.25, 0.3) is 0 Å². The molecule has 0 aliphatic heterocycles. The third-order valence-corrected chi connectivity index (χ3v) is 4.66. The molecule has 1 saturated carbocycles. The summed E-state index contributed by atoms with van der Waals surface area (Å²) in [6.45, 7) is 8.42. The first-order valence-corrected chi connectivity index (χ1v) is 7.26. The van der Waals surface area contributed by atoms with Crippen LogP contribution < -0.4 is 5.32 Å². The minimum absolute atomic E-state index is 0.303. The van der Waals surface area contributed by atoms with E-state index in [0.717, 1.165) is 36.1 Å². The van der Waals surface area contributed by atoms with E-state index >= 15 is 0 Å².